The number of aromatic nitrogens is 1. The quantitative estimate of drug-likeness (QED) is 0.779. The van der Waals surface area contributed by atoms with E-state index in [2.05, 4.69) is 24.9 Å². The van der Waals surface area contributed by atoms with Gasteiger partial charge in [0, 0.05) is 10.9 Å². The summed E-state index contributed by atoms with van der Waals surface area (Å²) in [4.78, 5) is 4.50. The van der Waals surface area contributed by atoms with E-state index in [0.29, 0.717) is 5.88 Å². The van der Waals surface area contributed by atoms with Gasteiger partial charge in [-0.05, 0) is 37.1 Å². The first-order chi connectivity index (χ1) is 8.17. The summed E-state index contributed by atoms with van der Waals surface area (Å²) >= 11 is 7.40. The van der Waals surface area contributed by atoms with Crippen LogP contribution < -0.4 is 4.74 Å². The molecule has 0 unspecified atom stereocenters. The molecule has 0 saturated heterocycles. The SMILES string of the molecule is COc1ccc(-c2nc(CCl)cs2)c(C)c1C. The minimum atomic E-state index is 0.463. The van der Waals surface area contributed by atoms with Gasteiger partial charge in [-0.25, -0.2) is 4.98 Å². The van der Waals surface area contributed by atoms with E-state index < -0.39 is 0 Å². The normalized spacial score (nSPS) is 10.6. The van der Waals surface area contributed by atoms with Crippen LogP contribution in [0.3, 0.4) is 0 Å². The van der Waals surface area contributed by atoms with Crippen molar-refractivity contribution in [3.8, 4) is 16.3 Å². The molecule has 0 atom stereocenters. The summed E-state index contributed by atoms with van der Waals surface area (Å²) in [5.41, 5.74) is 4.46. The molecule has 0 bridgehead atoms. The third-order valence-electron chi connectivity index (χ3n) is 2.88. The van der Waals surface area contributed by atoms with Crippen LogP contribution in [0.15, 0.2) is 17.5 Å². The molecule has 1 heterocycles. The van der Waals surface area contributed by atoms with Gasteiger partial charge in [0.25, 0.3) is 0 Å². The Balaban J connectivity index is 2.49. The van der Waals surface area contributed by atoms with E-state index in [1.807, 2.05) is 11.4 Å². The predicted octanol–water partition coefficient (Wildman–Crippen LogP) is 4.17. The number of ether oxygens (including phenoxy) is 1. The molecule has 0 aliphatic heterocycles. The minimum Gasteiger partial charge on any atom is -0.496 e. The highest BCUT2D eigenvalue weighted by atomic mass is 35.5. The minimum absolute atomic E-state index is 0.463. The first kappa shape index (κ1) is 12.4. The van der Waals surface area contributed by atoms with Crippen LogP contribution in [0.25, 0.3) is 10.6 Å². The van der Waals surface area contributed by atoms with E-state index in [0.717, 1.165) is 27.6 Å². The first-order valence-electron chi connectivity index (χ1n) is 5.32. The lowest BCUT2D eigenvalue weighted by atomic mass is 10.0. The summed E-state index contributed by atoms with van der Waals surface area (Å²) in [6, 6.07) is 4.04. The average molecular weight is 268 g/mol. The highest BCUT2D eigenvalue weighted by Gasteiger charge is 2.11. The Morgan fingerprint density at radius 1 is 1.29 bits per heavy atom. The van der Waals surface area contributed by atoms with Crippen molar-refractivity contribution in [2.24, 2.45) is 0 Å². The van der Waals surface area contributed by atoms with Crippen molar-refractivity contribution >= 4 is 22.9 Å². The number of rotatable bonds is 3. The van der Waals surface area contributed by atoms with Gasteiger partial charge in [0.1, 0.15) is 10.8 Å². The summed E-state index contributed by atoms with van der Waals surface area (Å²) in [5.74, 6) is 1.38. The molecule has 2 rings (SSSR count). The zero-order valence-electron chi connectivity index (χ0n) is 10.1. The van der Waals surface area contributed by atoms with Crippen LogP contribution in [0, 0.1) is 13.8 Å². The Hall–Kier alpha value is -1.06. The van der Waals surface area contributed by atoms with Crippen molar-refractivity contribution in [3.05, 3.63) is 34.3 Å². The van der Waals surface area contributed by atoms with Crippen molar-refractivity contribution in [1.82, 2.24) is 4.98 Å². The molecule has 0 amide bonds. The van der Waals surface area contributed by atoms with Gasteiger partial charge in [0.2, 0.25) is 0 Å². The molecule has 0 fully saturated rings. The molecule has 4 heteroatoms. The molecule has 2 nitrogen and oxygen atoms in total. The Kier molecular flexibility index (Phi) is 3.69. The molecular weight excluding hydrogens is 254 g/mol. The molecular formula is C13H14ClNOS. The van der Waals surface area contributed by atoms with E-state index in [1.165, 1.54) is 5.56 Å². The van der Waals surface area contributed by atoms with Crippen molar-refractivity contribution in [2.45, 2.75) is 19.7 Å². The van der Waals surface area contributed by atoms with E-state index in [9.17, 15) is 0 Å². The van der Waals surface area contributed by atoms with Crippen LogP contribution in [0.2, 0.25) is 0 Å². The number of alkyl halides is 1. The summed E-state index contributed by atoms with van der Waals surface area (Å²) in [6.07, 6.45) is 0. The number of benzene rings is 1. The molecule has 0 aliphatic rings. The number of hydrogen-bond donors (Lipinski definition) is 0. The van der Waals surface area contributed by atoms with Crippen LogP contribution in [0.1, 0.15) is 16.8 Å². The van der Waals surface area contributed by atoms with Crippen LogP contribution in [-0.2, 0) is 5.88 Å². The molecule has 0 spiro atoms. The smallest absolute Gasteiger partial charge is 0.123 e. The molecule has 2 aromatic rings. The van der Waals surface area contributed by atoms with Gasteiger partial charge in [0.05, 0.1) is 18.7 Å². The Morgan fingerprint density at radius 2 is 2.06 bits per heavy atom. The van der Waals surface area contributed by atoms with Gasteiger partial charge in [-0.15, -0.1) is 22.9 Å². The predicted molar refractivity (Wildman–Crippen MR) is 73.1 cm³/mol. The van der Waals surface area contributed by atoms with Crippen molar-refractivity contribution < 1.29 is 4.74 Å². The van der Waals surface area contributed by atoms with Crippen molar-refractivity contribution in [3.63, 3.8) is 0 Å². The Labute approximate surface area is 110 Å². The number of nitrogens with zero attached hydrogens (tertiary/aromatic N) is 1. The number of methoxy groups -OCH3 is 1. The zero-order chi connectivity index (χ0) is 12.4. The maximum absolute atomic E-state index is 5.77. The standard InChI is InChI=1S/C13H14ClNOS/c1-8-9(2)12(16-3)5-4-11(8)13-15-10(6-14)7-17-13/h4-5,7H,6H2,1-3H3. The molecule has 90 valence electrons. The van der Waals surface area contributed by atoms with Crippen molar-refractivity contribution in [1.29, 1.82) is 0 Å². The maximum Gasteiger partial charge on any atom is 0.123 e. The molecule has 1 aromatic carbocycles. The molecule has 0 N–H and O–H groups in total. The van der Waals surface area contributed by atoms with Crippen LogP contribution in [-0.4, -0.2) is 12.1 Å². The van der Waals surface area contributed by atoms with Gasteiger partial charge < -0.3 is 4.74 Å². The third-order valence-corrected chi connectivity index (χ3v) is 4.07. The van der Waals surface area contributed by atoms with E-state index in [-0.39, 0.29) is 0 Å². The monoisotopic (exact) mass is 267 g/mol. The van der Waals surface area contributed by atoms with Crippen molar-refractivity contribution in [2.75, 3.05) is 7.11 Å². The van der Waals surface area contributed by atoms with Gasteiger partial charge in [-0.1, -0.05) is 0 Å². The van der Waals surface area contributed by atoms with Crippen LogP contribution in [0.4, 0.5) is 0 Å². The lowest BCUT2D eigenvalue weighted by molar-refractivity contribution is 0.411. The van der Waals surface area contributed by atoms with Crippen LogP contribution in [0.5, 0.6) is 5.75 Å². The second-order valence-corrected chi connectivity index (χ2v) is 4.97. The zero-order valence-corrected chi connectivity index (χ0v) is 11.7. The number of halogens is 1. The van der Waals surface area contributed by atoms with E-state index in [4.69, 9.17) is 16.3 Å². The van der Waals surface area contributed by atoms with Gasteiger partial charge in [0.15, 0.2) is 0 Å². The average Bonchev–Trinajstić information content (AvgIpc) is 2.81. The largest absolute Gasteiger partial charge is 0.496 e. The van der Waals surface area contributed by atoms with Gasteiger partial charge in [-0.3, -0.25) is 0 Å². The van der Waals surface area contributed by atoms with Crippen LogP contribution >= 0.6 is 22.9 Å². The summed E-state index contributed by atoms with van der Waals surface area (Å²) in [7, 11) is 1.69. The number of hydrogen-bond acceptors (Lipinski definition) is 3. The summed E-state index contributed by atoms with van der Waals surface area (Å²) < 4.78 is 5.30. The first-order valence-corrected chi connectivity index (χ1v) is 6.73. The second kappa shape index (κ2) is 5.07. The lowest BCUT2D eigenvalue weighted by Gasteiger charge is -2.10. The van der Waals surface area contributed by atoms with E-state index >= 15 is 0 Å². The molecule has 0 radical (unpaired) electrons. The highest BCUT2D eigenvalue weighted by Crippen LogP contribution is 2.32. The summed E-state index contributed by atoms with van der Waals surface area (Å²) in [6.45, 7) is 4.16. The lowest BCUT2D eigenvalue weighted by Crippen LogP contribution is -1.92. The Morgan fingerprint density at radius 3 is 2.65 bits per heavy atom. The fourth-order valence-electron chi connectivity index (χ4n) is 1.74. The third kappa shape index (κ3) is 2.31. The topological polar surface area (TPSA) is 22.1 Å². The molecule has 17 heavy (non-hydrogen) atoms. The molecule has 0 saturated carbocycles. The maximum atomic E-state index is 5.77. The Bertz CT molecular complexity index is 536. The van der Waals surface area contributed by atoms with Gasteiger partial charge >= 0.3 is 0 Å². The molecule has 0 aliphatic carbocycles. The van der Waals surface area contributed by atoms with Gasteiger partial charge in [-0.2, -0.15) is 0 Å². The highest BCUT2D eigenvalue weighted by molar-refractivity contribution is 7.13. The van der Waals surface area contributed by atoms with E-state index in [1.54, 1.807) is 18.4 Å². The fourth-order valence-corrected chi connectivity index (χ4v) is 2.87. The fraction of sp³-hybridized carbons (Fsp3) is 0.308. The summed E-state index contributed by atoms with van der Waals surface area (Å²) in [5, 5.41) is 3.02. The number of thiazole rings is 1. The second-order valence-electron chi connectivity index (χ2n) is 3.84. The molecule has 1 aromatic heterocycles.